The molecule has 2 aromatic carbocycles. The van der Waals surface area contributed by atoms with Crippen molar-refractivity contribution in [2.24, 2.45) is 0 Å². The molecule has 0 aromatic heterocycles. The summed E-state index contributed by atoms with van der Waals surface area (Å²) in [5.74, 6) is 0.837. The SMILES string of the molecule is O=C(CSc1ccccc1C(=O)OCC1CCCO1)Nc1ccc2c(c1)OCO2. The standard InChI is InChI=1S/C21H21NO6S/c23-20(22-14-7-8-17-18(10-14)28-13-27-17)12-29-19-6-2-1-5-16(19)21(24)26-11-15-4-3-9-25-15/h1-2,5-8,10,15H,3-4,9,11-13H2,(H,22,23). The number of fused-ring (bicyclic) bond motifs is 1. The molecule has 152 valence electrons. The van der Waals surface area contributed by atoms with Crippen molar-refractivity contribution in [2.75, 3.05) is 31.1 Å². The Kier molecular flexibility index (Phi) is 6.21. The van der Waals surface area contributed by atoms with Crippen LogP contribution in [0.15, 0.2) is 47.4 Å². The van der Waals surface area contributed by atoms with Crippen LogP contribution >= 0.6 is 11.8 Å². The number of rotatable bonds is 7. The Morgan fingerprint density at radius 3 is 2.86 bits per heavy atom. The van der Waals surface area contributed by atoms with Crippen molar-refractivity contribution >= 4 is 29.3 Å². The monoisotopic (exact) mass is 415 g/mol. The van der Waals surface area contributed by atoms with E-state index in [0.29, 0.717) is 34.3 Å². The van der Waals surface area contributed by atoms with E-state index in [-0.39, 0.29) is 31.2 Å². The molecule has 1 atom stereocenters. The molecule has 0 spiro atoms. The summed E-state index contributed by atoms with van der Waals surface area (Å²) in [4.78, 5) is 25.5. The molecule has 0 radical (unpaired) electrons. The van der Waals surface area contributed by atoms with E-state index in [4.69, 9.17) is 18.9 Å². The second kappa shape index (κ2) is 9.19. The van der Waals surface area contributed by atoms with Crippen LogP contribution in [0.2, 0.25) is 0 Å². The van der Waals surface area contributed by atoms with Crippen molar-refractivity contribution < 1.29 is 28.5 Å². The highest BCUT2D eigenvalue weighted by molar-refractivity contribution is 8.00. The first-order valence-corrected chi connectivity index (χ1v) is 10.4. The fourth-order valence-electron chi connectivity index (χ4n) is 3.10. The van der Waals surface area contributed by atoms with Crippen molar-refractivity contribution in [3.8, 4) is 11.5 Å². The van der Waals surface area contributed by atoms with Gasteiger partial charge in [-0.05, 0) is 37.1 Å². The number of hydrogen-bond donors (Lipinski definition) is 1. The lowest BCUT2D eigenvalue weighted by atomic mass is 10.2. The number of ether oxygens (including phenoxy) is 4. The van der Waals surface area contributed by atoms with Crippen molar-refractivity contribution in [1.29, 1.82) is 0 Å². The van der Waals surface area contributed by atoms with Gasteiger partial charge in [0.1, 0.15) is 6.61 Å². The molecule has 0 bridgehead atoms. The molecule has 2 aromatic rings. The molecule has 1 saturated heterocycles. The number of carbonyl (C=O) groups is 2. The van der Waals surface area contributed by atoms with Crippen molar-refractivity contribution in [2.45, 2.75) is 23.8 Å². The molecule has 4 rings (SSSR count). The second-order valence-electron chi connectivity index (χ2n) is 6.63. The van der Waals surface area contributed by atoms with E-state index in [1.807, 2.05) is 6.07 Å². The fourth-order valence-corrected chi connectivity index (χ4v) is 3.94. The van der Waals surface area contributed by atoms with Crippen LogP contribution in [-0.4, -0.2) is 43.7 Å². The maximum Gasteiger partial charge on any atom is 0.339 e. The number of anilines is 1. The second-order valence-corrected chi connectivity index (χ2v) is 7.65. The zero-order valence-electron chi connectivity index (χ0n) is 15.7. The summed E-state index contributed by atoms with van der Waals surface area (Å²) >= 11 is 1.29. The maximum absolute atomic E-state index is 12.4. The molecule has 7 nitrogen and oxygen atoms in total. The van der Waals surface area contributed by atoms with Gasteiger partial charge in [0.25, 0.3) is 0 Å². The minimum atomic E-state index is -0.403. The quantitative estimate of drug-likeness (QED) is 0.547. The molecule has 0 saturated carbocycles. The normalized spacial score (nSPS) is 17.2. The first kappa shape index (κ1) is 19.6. The Morgan fingerprint density at radius 1 is 1.14 bits per heavy atom. The smallest absolute Gasteiger partial charge is 0.339 e. The van der Waals surface area contributed by atoms with Crippen LogP contribution in [0.5, 0.6) is 11.5 Å². The number of carbonyl (C=O) groups excluding carboxylic acids is 2. The first-order valence-electron chi connectivity index (χ1n) is 9.39. The number of esters is 1. The average Bonchev–Trinajstić information content (AvgIpc) is 3.42. The van der Waals surface area contributed by atoms with Crippen LogP contribution in [0.3, 0.4) is 0 Å². The molecule has 2 heterocycles. The summed E-state index contributed by atoms with van der Waals surface area (Å²) in [6.45, 7) is 1.15. The Morgan fingerprint density at radius 2 is 2.00 bits per heavy atom. The third-order valence-corrected chi connectivity index (χ3v) is 5.62. The van der Waals surface area contributed by atoms with Crippen molar-refractivity contribution in [3.05, 3.63) is 48.0 Å². The van der Waals surface area contributed by atoms with Gasteiger partial charge in [-0.2, -0.15) is 0 Å². The molecule has 2 aliphatic heterocycles. The van der Waals surface area contributed by atoms with Crippen molar-refractivity contribution in [3.63, 3.8) is 0 Å². The third kappa shape index (κ3) is 5.02. The van der Waals surface area contributed by atoms with Crippen LogP contribution in [0.1, 0.15) is 23.2 Å². The Balaban J connectivity index is 1.32. The van der Waals surface area contributed by atoms with Crippen LogP contribution in [0, 0.1) is 0 Å². The summed E-state index contributed by atoms with van der Waals surface area (Å²) in [6.07, 6.45) is 1.88. The van der Waals surface area contributed by atoms with Gasteiger partial charge in [0.2, 0.25) is 12.7 Å². The minimum Gasteiger partial charge on any atom is -0.459 e. The molecule has 1 amide bonds. The topological polar surface area (TPSA) is 83.1 Å². The predicted molar refractivity (Wildman–Crippen MR) is 108 cm³/mol. The number of amides is 1. The van der Waals surface area contributed by atoms with Gasteiger partial charge < -0.3 is 24.3 Å². The molecule has 29 heavy (non-hydrogen) atoms. The molecule has 2 aliphatic rings. The van der Waals surface area contributed by atoms with E-state index in [1.165, 1.54) is 11.8 Å². The van der Waals surface area contributed by atoms with Crippen LogP contribution in [0.25, 0.3) is 0 Å². The molecular formula is C21H21NO6S. The number of nitrogens with one attached hydrogen (secondary N) is 1. The summed E-state index contributed by atoms with van der Waals surface area (Å²) in [7, 11) is 0. The third-order valence-electron chi connectivity index (χ3n) is 4.55. The Hall–Kier alpha value is -2.71. The molecule has 1 fully saturated rings. The van der Waals surface area contributed by atoms with Gasteiger partial charge in [-0.15, -0.1) is 11.8 Å². The minimum absolute atomic E-state index is 0.0220. The zero-order chi connectivity index (χ0) is 20.1. The lowest BCUT2D eigenvalue weighted by Gasteiger charge is -2.12. The predicted octanol–water partition coefficient (Wildman–Crippen LogP) is 3.48. The Bertz CT molecular complexity index is 896. The molecular weight excluding hydrogens is 394 g/mol. The number of hydrogen-bond acceptors (Lipinski definition) is 7. The summed E-state index contributed by atoms with van der Waals surface area (Å²) < 4.78 is 21.4. The van der Waals surface area contributed by atoms with Gasteiger partial charge in [0, 0.05) is 23.3 Å². The van der Waals surface area contributed by atoms with Gasteiger partial charge in [0.05, 0.1) is 17.4 Å². The van der Waals surface area contributed by atoms with Crippen molar-refractivity contribution in [1.82, 2.24) is 0 Å². The van der Waals surface area contributed by atoms with E-state index in [9.17, 15) is 9.59 Å². The van der Waals surface area contributed by atoms with Crippen LogP contribution < -0.4 is 14.8 Å². The highest BCUT2D eigenvalue weighted by Crippen LogP contribution is 2.34. The lowest BCUT2D eigenvalue weighted by Crippen LogP contribution is -2.18. The van der Waals surface area contributed by atoms with Gasteiger partial charge in [0.15, 0.2) is 11.5 Å². The first-order chi connectivity index (χ1) is 14.2. The van der Waals surface area contributed by atoms with Gasteiger partial charge >= 0.3 is 5.97 Å². The maximum atomic E-state index is 12.4. The molecule has 1 unspecified atom stereocenters. The van der Waals surface area contributed by atoms with E-state index in [2.05, 4.69) is 5.32 Å². The summed E-state index contributed by atoms with van der Waals surface area (Å²) in [5, 5.41) is 2.82. The van der Waals surface area contributed by atoms with E-state index in [0.717, 1.165) is 12.8 Å². The fraction of sp³-hybridized carbons (Fsp3) is 0.333. The molecule has 0 aliphatic carbocycles. The zero-order valence-corrected chi connectivity index (χ0v) is 16.5. The lowest BCUT2D eigenvalue weighted by molar-refractivity contribution is -0.113. The van der Waals surface area contributed by atoms with E-state index >= 15 is 0 Å². The summed E-state index contributed by atoms with van der Waals surface area (Å²) in [5.41, 5.74) is 1.08. The number of benzene rings is 2. The highest BCUT2D eigenvalue weighted by Gasteiger charge is 2.20. The molecule has 8 heteroatoms. The Labute approximate surface area is 172 Å². The van der Waals surface area contributed by atoms with Gasteiger partial charge in [-0.25, -0.2) is 4.79 Å². The molecule has 1 N–H and O–H groups in total. The van der Waals surface area contributed by atoms with Crippen LogP contribution in [0.4, 0.5) is 5.69 Å². The number of thioether (sulfide) groups is 1. The highest BCUT2D eigenvalue weighted by atomic mass is 32.2. The van der Waals surface area contributed by atoms with Gasteiger partial charge in [-0.3, -0.25) is 4.79 Å². The average molecular weight is 415 g/mol. The summed E-state index contributed by atoms with van der Waals surface area (Å²) in [6, 6.07) is 12.4. The van der Waals surface area contributed by atoms with E-state index in [1.54, 1.807) is 36.4 Å². The van der Waals surface area contributed by atoms with E-state index < -0.39 is 5.97 Å². The largest absolute Gasteiger partial charge is 0.459 e. The van der Waals surface area contributed by atoms with Gasteiger partial charge in [-0.1, -0.05) is 12.1 Å². The van der Waals surface area contributed by atoms with Crippen LogP contribution in [-0.2, 0) is 14.3 Å².